The van der Waals surface area contributed by atoms with Crippen molar-refractivity contribution in [2.45, 2.75) is 31.8 Å². The maximum Gasteiger partial charge on any atom is 0.158 e. The zero-order valence-electron chi connectivity index (χ0n) is 14.3. The van der Waals surface area contributed by atoms with Crippen LogP contribution in [0.5, 0.6) is 0 Å². The van der Waals surface area contributed by atoms with Crippen molar-refractivity contribution in [1.82, 2.24) is 24.8 Å². The molecule has 2 aromatic rings. The zero-order valence-corrected chi connectivity index (χ0v) is 14.3. The average molecular weight is 338 g/mol. The molecule has 0 aromatic carbocycles. The van der Waals surface area contributed by atoms with E-state index < -0.39 is 0 Å². The van der Waals surface area contributed by atoms with Gasteiger partial charge in [0, 0.05) is 25.3 Å². The van der Waals surface area contributed by atoms with Gasteiger partial charge in [-0.1, -0.05) is 0 Å². The lowest BCUT2D eigenvalue weighted by Crippen LogP contribution is -2.33. The first-order chi connectivity index (χ1) is 12.2. The number of hydrogen-bond donors (Lipinski definition) is 1. The van der Waals surface area contributed by atoms with Gasteiger partial charge in [0.2, 0.25) is 0 Å². The molecule has 1 atom stereocenters. The van der Waals surface area contributed by atoms with Crippen LogP contribution in [-0.4, -0.2) is 51.0 Å². The Morgan fingerprint density at radius 2 is 2.16 bits per heavy atom. The van der Waals surface area contributed by atoms with Crippen LogP contribution in [-0.2, 0) is 6.54 Å². The molecule has 0 bridgehead atoms. The Labute approximate surface area is 147 Å². The van der Waals surface area contributed by atoms with Gasteiger partial charge in [0.15, 0.2) is 5.69 Å². The Morgan fingerprint density at radius 3 is 2.88 bits per heavy atom. The summed E-state index contributed by atoms with van der Waals surface area (Å²) in [6, 6.07) is 4.16. The van der Waals surface area contributed by atoms with E-state index in [2.05, 4.69) is 36.8 Å². The maximum absolute atomic E-state index is 8.83. The predicted octanol–water partition coefficient (Wildman–Crippen LogP) is 1.21. The number of nitrogens with zero attached hydrogens (tertiary/aromatic N) is 7. The van der Waals surface area contributed by atoms with Gasteiger partial charge < -0.3 is 10.6 Å². The lowest BCUT2D eigenvalue weighted by atomic mass is 10.1. The summed E-state index contributed by atoms with van der Waals surface area (Å²) in [7, 11) is 2.11. The summed E-state index contributed by atoms with van der Waals surface area (Å²) in [6.45, 7) is 2.54. The summed E-state index contributed by atoms with van der Waals surface area (Å²) in [6.07, 6.45) is 8.13. The SMILES string of the molecule is CN(Cc1nccc(N)n1)C1CCCN(c2cnc(C#N)cn2)CC1. The summed E-state index contributed by atoms with van der Waals surface area (Å²) < 4.78 is 0. The van der Waals surface area contributed by atoms with Crippen LogP contribution >= 0.6 is 0 Å². The van der Waals surface area contributed by atoms with Gasteiger partial charge in [0.25, 0.3) is 0 Å². The standard InChI is InChI=1S/C17H22N8/c1-24(12-16-20-6-4-15(19)23-16)14-3-2-7-25(8-5-14)17-11-21-13(9-18)10-22-17/h4,6,10-11,14H,2-3,5,7-8,12H2,1H3,(H2,19,20,23). The third kappa shape index (κ3) is 4.39. The minimum atomic E-state index is 0.346. The molecule has 0 saturated carbocycles. The van der Waals surface area contributed by atoms with Crippen molar-refractivity contribution < 1.29 is 0 Å². The molecule has 130 valence electrons. The summed E-state index contributed by atoms with van der Waals surface area (Å²) in [5.41, 5.74) is 6.08. The van der Waals surface area contributed by atoms with Gasteiger partial charge >= 0.3 is 0 Å². The van der Waals surface area contributed by atoms with Crippen molar-refractivity contribution in [2.24, 2.45) is 0 Å². The fourth-order valence-corrected chi connectivity index (χ4v) is 3.13. The molecule has 1 aliphatic heterocycles. The summed E-state index contributed by atoms with van der Waals surface area (Å²) in [4.78, 5) is 21.6. The molecular weight excluding hydrogens is 316 g/mol. The first-order valence-electron chi connectivity index (χ1n) is 8.40. The maximum atomic E-state index is 8.83. The van der Waals surface area contributed by atoms with Crippen LogP contribution in [0, 0.1) is 11.3 Å². The molecule has 8 nitrogen and oxygen atoms in total. The smallest absolute Gasteiger partial charge is 0.158 e. The second-order valence-corrected chi connectivity index (χ2v) is 6.26. The molecule has 0 aliphatic carbocycles. The van der Waals surface area contributed by atoms with Crippen LogP contribution < -0.4 is 10.6 Å². The van der Waals surface area contributed by atoms with E-state index in [1.165, 1.54) is 6.20 Å². The molecule has 3 rings (SSSR count). The summed E-state index contributed by atoms with van der Waals surface area (Å²) in [5, 5.41) is 8.83. The Bertz CT molecular complexity index is 739. The number of aromatic nitrogens is 4. The van der Waals surface area contributed by atoms with E-state index >= 15 is 0 Å². The van der Waals surface area contributed by atoms with E-state index in [1.54, 1.807) is 18.5 Å². The van der Waals surface area contributed by atoms with Crippen molar-refractivity contribution in [3.63, 3.8) is 0 Å². The molecule has 2 aromatic heterocycles. The first-order valence-corrected chi connectivity index (χ1v) is 8.40. The molecule has 3 heterocycles. The van der Waals surface area contributed by atoms with Gasteiger partial charge in [-0.25, -0.2) is 19.9 Å². The van der Waals surface area contributed by atoms with E-state index in [0.717, 1.165) is 44.0 Å². The lowest BCUT2D eigenvalue weighted by Gasteiger charge is -2.26. The first kappa shape index (κ1) is 17.0. The van der Waals surface area contributed by atoms with Gasteiger partial charge in [0.05, 0.1) is 18.9 Å². The zero-order chi connectivity index (χ0) is 17.6. The van der Waals surface area contributed by atoms with Crippen molar-refractivity contribution in [3.8, 4) is 6.07 Å². The Kier molecular flexibility index (Phi) is 5.36. The van der Waals surface area contributed by atoms with Crippen LogP contribution in [0.15, 0.2) is 24.7 Å². The lowest BCUT2D eigenvalue weighted by molar-refractivity contribution is 0.212. The van der Waals surface area contributed by atoms with E-state index in [4.69, 9.17) is 11.0 Å². The number of nitrogens with two attached hydrogens (primary N) is 1. The number of nitriles is 1. The van der Waals surface area contributed by atoms with Crippen LogP contribution in [0.3, 0.4) is 0 Å². The normalized spacial score (nSPS) is 18.0. The molecule has 1 unspecified atom stereocenters. The van der Waals surface area contributed by atoms with Crippen molar-refractivity contribution in [1.29, 1.82) is 5.26 Å². The molecule has 25 heavy (non-hydrogen) atoms. The molecule has 0 radical (unpaired) electrons. The van der Waals surface area contributed by atoms with Crippen molar-refractivity contribution >= 4 is 11.6 Å². The van der Waals surface area contributed by atoms with Crippen LogP contribution in [0.25, 0.3) is 0 Å². The van der Waals surface area contributed by atoms with Gasteiger partial charge in [-0.3, -0.25) is 4.90 Å². The van der Waals surface area contributed by atoms with E-state index in [-0.39, 0.29) is 0 Å². The number of rotatable bonds is 4. The second-order valence-electron chi connectivity index (χ2n) is 6.26. The summed E-state index contributed by atoms with van der Waals surface area (Å²) >= 11 is 0. The largest absolute Gasteiger partial charge is 0.384 e. The second kappa shape index (κ2) is 7.85. The third-order valence-electron chi connectivity index (χ3n) is 4.52. The van der Waals surface area contributed by atoms with E-state index in [9.17, 15) is 0 Å². The molecule has 1 aliphatic rings. The minimum absolute atomic E-state index is 0.346. The summed E-state index contributed by atoms with van der Waals surface area (Å²) in [5.74, 6) is 2.09. The number of anilines is 2. The fourth-order valence-electron chi connectivity index (χ4n) is 3.13. The van der Waals surface area contributed by atoms with Crippen LogP contribution in [0.1, 0.15) is 30.8 Å². The third-order valence-corrected chi connectivity index (χ3v) is 4.52. The van der Waals surface area contributed by atoms with E-state index in [1.807, 2.05) is 6.07 Å². The van der Waals surface area contributed by atoms with Gasteiger partial charge in [-0.2, -0.15) is 5.26 Å². The highest BCUT2D eigenvalue weighted by Crippen LogP contribution is 2.20. The van der Waals surface area contributed by atoms with Crippen molar-refractivity contribution in [2.75, 3.05) is 30.8 Å². The van der Waals surface area contributed by atoms with E-state index in [0.29, 0.717) is 24.1 Å². The molecular formula is C17H22N8. The Hall–Kier alpha value is -2.79. The molecule has 2 N–H and O–H groups in total. The highest BCUT2D eigenvalue weighted by Gasteiger charge is 2.22. The van der Waals surface area contributed by atoms with Crippen molar-refractivity contribution in [3.05, 3.63) is 36.2 Å². The molecule has 1 saturated heterocycles. The van der Waals surface area contributed by atoms with Crippen LogP contribution in [0.4, 0.5) is 11.6 Å². The number of hydrogen-bond acceptors (Lipinski definition) is 8. The monoisotopic (exact) mass is 338 g/mol. The Morgan fingerprint density at radius 1 is 1.28 bits per heavy atom. The highest BCUT2D eigenvalue weighted by molar-refractivity contribution is 5.37. The molecule has 8 heteroatoms. The molecule has 1 fully saturated rings. The number of nitrogen functional groups attached to an aromatic ring is 1. The minimum Gasteiger partial charge on any atom is -0.384 e. The molecule has 0 amide bonds. The van der Waals surface area contributed by atoms with Gasteiger partial charge in [0.1, 0.15) is 23.5 Å². The van der Waals surface area contributed by atoms with Gasteiger partial charge in [-0.15, -0.1) is 0 Å². The predicted molar refractivity (Wildman–Crippen MR) is 94.5 cm³/mol. The quantitative estimate of drug-likeness (QED) is 0.886. The topological polar surface area (TPSA) is 108 Å². The van der Waals surface area contributed by atoms with Crippen LogP contribution in [0.2, 0.25) is 0 Å². The fraction of sp³-hybridized carbons (Fsp3) is 0.471. The van der Waals surface area contributed by atoms with Gasteiger partial charge in [-0.05, 0) is 32.4 Å². The Balaban J connectivity index is 1.59. The average Bonchev–Trinajstić information content (AvgIpc) is 2.88. The highest BCUT2D eigenvalue weighted by atomic mass is 15.2. The molecule has 0 spiro atoms.